The van der Waals surface area contributed by atoms with Crippen molar-refractivity contribution in [3.8, 4) is 11.3 Å². The molecule has 0 aliphatic heterocycles. The van der Waals surface area contributed by atoms with E-state index in [0.29, 0.717) is 40.7 Å². The molecule has 1 fully saturated rings. The van der Waals surface area contributed by atoms with Crippen LogP contribution in [0.25, 0.3) is 22.4 Å². The van der Waals surface area contributed by atoms with Crippen LogP contribution in [0, 0.1) is 12.8 Å². The van der Waals surface area contributed by atoms with Gasteiger partial charge in [-0.2, -0.15) is 4.98 Å². The van der Waals surface area contributed by atoms with Crippen molar-refractivity contribution in [2.24, 2.45) is 5.92 Å². The molecule has 4 aromatic rings. The smallest absolute Gasteiger partial charge is 0.333 e. The summed E-state index contributed by atoms with van der Waals surface area (Å²) < 4.78 is 38.8. The lowest BCUT2D eigenvalue weighted by molar-refractivity contribution is -0.145. The van der Waals surface area contributed by atoms with Crippen molar-refractivity contribution in [1.29, 1.82) is 0 Å². The maximum absolute atomic E-state index is 13.2. The van der Waals surface area contributed by atoms with E-state index in [1.54, 1.807) is 38.2 Å². The Bertz CT molecular complexity index is 1880. The van der Waals surface area contributed by atoms with Gasteiger partial charge in [0.2, 0.25) is 21.6 Å². The number of amides is 2. The zero-order chi connectivity index (χ0) is 33.9. The fraction of sp³-hybridized carbons (Fsp3) is 0.371. The van der Waals surface area contributed by atoms with Crippen LogP contribution in [0.4, 0.5) is 5.82 Å². The Hall–Kier alpha value is -4.71. The van der Waals surface area contributed by atoms with E-state index in [-0.39, 0.29) is 35.8 Å². The topological polar surface area (TPSA) is 148 Å². The molecule has 11 nitrogen and oxygen atoms in total. The Labute approximate surface area is 274 Å². The van der Waals surface area contributed by atoms with Crippen molar-refractivity contribution < 1.29 is 32.0 Å². The molecule has 2 aromatic carbocycles. The van der Waals surface area contributed by atoms with Gasteiger partial charge in [-0.25, -0.2) is 13.2 Å². The number of aryl methyl sites for hydroxylation is 1. The minimum absolute atomic E-state index is 0.0711. The number of aromatic nitrogens is 1. The van der Waals surface area contributed by atoms with E-state index in [0.717, 1.165) is 30.2 Å². The number of methoxy groups -OCH3 is 1. The molecular formula is C35H40N4O7S. The minimum Gasteiger partial charge on any atom is -0.467 e. The fourth-order valence-corrected chi connectivity index (χ4v) is 6.53. The number of pyridine rings is 1. The molecule has 2 N–H and O–H groups in total. The quantitative estimate of drug-likeness (QED) is 0.185. The average Bonchev–Trinajstić information content (AvgIpc) is 3.84. The van der Waals surface area contributed by atoms with Gasteiger partial charge in [0, 0.05) is 25.1 Å². The van der Waals surface area contributed by atoms with E-state index in [4.69, 9.17) is 14.1 Å². The van der Waals surface area contributed by atoms with Gasteiger partial charge in [0.05, 0.1) is 24.3 Å². The largest absolute Gasteiger partial charge is 0.467 e. The van der Waals surface area contributed by atoms with Crippen LogP contribution in [0.1, 0.15) is 71.6 Å². The van der Waals surface area contributed by atoms with Crippen molar-refractivity contribution in [1.82, 2.24) is 15.6 Å². The average molecular weight is 661 g/mol. The third kappa shape index (κ3) is 7.48. The van der Waals surface area contributed by atoms with E-state index in [9.17, 15) is 22.8 Å². The highest BCUT2D eigenvalue weighted by Gasteiger charge is 2.34. The molecule has 248 valence electrons. The monoisotopic (exact) mass is 660 g/mol. The van der Waals surface area contributed by atoms with Crippen LogP contribution >= 0.6 is 0 Å². The summed E-state index contributed by atoms with van der Waals surface area (Å²) in [5, 5.41) is 5.98. The number of hydrogen-bond acceptors (Lipinski definition) is 8. The molecule has 0 spiro atoms. The molecule has 1 unspecified atom stereocenters. The number of carbonyl (C=O) groups is 3. The van der Waals surface area contributed by atoms with Gasteiger partial charge in [-0.15, -0.1) is 0 Å². The molecule has 1 aliphatic carbocycles. The van der Waals surface area contributed by atoms with Crippen molar-refractivity contribution in [3.63, 3.8) is 0 Å². The molecule has 2 atom stereocenters. The number of carbonyl (C=O) groups excluding carboxylic acids is 3. The summed E-state index contributed by atoms with van der Waals surface area (Å²) in [5.74, 6) is -1.07. The molecule has 47 heavy (non-hydrogen) atoms. The first-order valence-electron chi connectivity index (χ1n) is 15.6. The fourth-order valence-electron chi connectivity index (χ4n) is 5.61. The molecular weight excluding hydrogens is 620 g/mol. The van der Waals surface area contributed by atoms with E-state index < -0.39 is 28.0 Å². The second kappa shape index (κ2) is 14.0. The molecule has 1 saturated carbocycles. The molecule has 2 heterocycles. The van der Waals surface area contributed by atoms with Gasteiger partial charge in [-0.05, 0) is 55.7 Å². The predicted octanol–water partition coefficient (Wildman–Crippen LogP) is 5.25. The number of rotatable bonds is 13. The molecule has 5 rings (SSSR count). The minimum atomic E-state index is -3.80. The Morgan fingerprint density at radius 1 is 1.09 bits per heavy atom. The Balaban J connectivity index is 1.42. The molecule has 1 aliphatic rings. The molecule has 2 aromatic heterocycles. The number of benzene rings is 2. The molecule has 0 saturated heterocycles. The summed E-state index contributed by atoms with van der Waals surface area (Å²) in [4.78, 5) is 43.5. The summed E-state index contributed by atoms with van der Waals surface area (Å²) in [6, 6.07) is 17.3. The zero-order valence-corrected chi connectivity index (χ0v) is 28.0. The molecule has 2 amide bonds. The van der Waals surface area contributed by atoms with Crippen molar-refractivity contribution >= 4 is 44.7 Å². The first-order chi connectivity index (χ1) is 22.4. The maximum atomic E-state index is 13.2. The molecule has 0 bridgehead atoms. The van der Waals surface area contributed by atoms with Gasteiger partial charge in [0.25, 0.3) is 5.91 Å². The summed E-state index contributed by atoms with van der Waals surface area (Å²) >= 11 is 0. The summed E-state index contributed by atoms with van der Waals surface area (Å²) in [5.41, 5.74) is 3.60. The number of furan rings is 1. The van der Waals surface area contributed by atoms with Gasteiger partial charge in [-0.1, -0.05) is 67.1 Å². The molecule has 12 heteroatoms. The maximum Gasteiger partial charge on any atom is 0.333 e. The number of fused-ring (bicyclic) bond motifs is 1. The van der Waals surface area contributed by atoms with Crippen molar-refractivity contribution in [3.05, 3.63) is 82.9 Å². The number of ether oxygens (including phenoxy) is 1. The third-order valence-electron chi connectivity index (χ3n) is 8.41. The second-order valence-corrected chi connectivity index (χ2v) is 13.9. The lowest BCUT2D eigenvalue weighted by atomic mass is 10.0. The van der Waals surface area contributed by atoms with Crippen LogP contribution in [0.5, 0.6) is 0 Å². The lowest BCUT2D eigenvalue weighted by Crippen LogP contribution is -2.38. The van der Waals surface area contributed by atoms with Crippen molar-refractivity contribution in [2.75, 3.05) is 31.3 Å². The van der Waals surface area contributed by atoms with Gasteiger partial charge >= 0.3 is 5.97 Å². The highest BCUT2D eigenvalue weighted by molar-refractivity contribution is 7.92. The second-order valence-electron chi connectivity index (χ2n) is 12.0. The number of esters is 1. The van der Waals surface area contributed by atoms with E-state index in [2.05, 4.69) is 10.6 Å². The van der Waals surface area contributed by atoms with Crippen molar-refractivity contribution in [2.45, 2.75) is 51.5 Å². The SMILES string of the molecule is CNC(=O)c1c(-c2ccc(C)cc2)oc2nc(N(CCC[C@@H](C)C(=O)NC(C(=O)OC)c3ccccc3)S(C)(=O)=O)c(C3CC3)cc12. The number of sulfonamides is 1. The van der Waals surface area contributed by atoms with Crippen LogP contribution in [0.15, 0.2) is 65.1 Å². The van der Waals surface area contributed by atoms with Gasteiger partial charge in [0.1, 0.15) is 11.6 Å². The summed E-state index contributed by atoms with van der Waals surface area (Å²) in [6.07, 6.45) is 3.56. The summed E-state index contributed by atoms with van der Waals surface area (Å²) in [6.45, 7) is 3.77. The lowest BCUT2D eigenvalue weighted by Gasteiger charge is -2.25. The van der Waals surface area contributed by atoms with Crippen LogP contribution in [-0.4, -0.2) is 58.1 Å². The summed E-state index contributed by atoms with van der Waals surface area (Å²) in [7, 11) is -0.982. The van der Waals surface area contributed by atoms with Gasteiger partial charge in [0.15, 0.2) is 6.04 Å². The Morgan fingerprint density at radius 3 is 2.36 bits per heavy atom. The normalized spacial score (nSPS) is 14.3. The highest BCUT2D eigenvalue weighted by Crippen LogP contribution is 2.46. The highest BCUT2D eigenvalue weighted by atomic mass is 32.2. The zero-order valence-electron chi connectivity index (χ0n) is 27.2. The molecule has 0 radical (unpaired) electrons. The van der Waals surface area contributed by atoms with E-state index in [1.165, 1.54) is 11.4 Å². The van der Waals surface area contributed by atoms with Crippen LogP contribution in [0.2, 0.25) is 0 Å². The Morgan fingerprint density at radius 2 is 1.77 bits per heavy atom. The van der Waals surface area contributed by atoms with Gasteiger partial charge in [-0.3, -0.25) is 13.9 Å². The third-order valence-corrected chi connectivity index (χ3v) is 9.57. The first kappa shape index (κ1) is 33.6. The standard InChI is InChI=1S/C35H40N4O7S/c1-21-13-15-25(16-14-21)30-28(33(41)36-3)27-20-26(23-17-18-23)31(38-34(27)46-30)39(47(5,43)44)19-9-10-22(2)32(40)37-29(35(42)45-4)24-11-7-6-8-12-24/h6-8,11-16,20,22-23,29H,9-10,17-19H2,1-5H3,(H,36,41)(H,37,40)/t22-,29?/m1/s1. The number of nitrogens with zero attached hydrogens (tertiary/aromatic N) is 2. The Kier molecular flexibility index (Phi) is 9.99. The van der Waals surface area contributed by atoms with E-state index in [1.807, 2.05) is 43.3 Å². The number of nitrogens with one attached hydrogen (secondary N) is 2. The number of anilines is 1. The predicted molar refractivity (Wildman–Crippen MR) is 179 cm³/mol. The first-order valence-corrected chi connectivity index (χ1v) is 17.4. The van der Waals surface area contributed by atoms with Crippen LogP contribution < -0.4 is 14.9 Å². The van der Waals surface area contributed by atoms with Crippen LogP contribution in [0.3, 0.4) is 0 Å². The van der Waals surface area contributed by atoms with Gasteiger partial charge < -0.3 is 19.8 Å². The van der Waals surface area contributed by atoms with Crippen LogP contribution in [-0.2, 0) is 24.3 Å². The van der Waals surface area contributed by atoms with E-state index >= 15 is 0 Å². The number of hydrogen-bond donors (Lipinski definition) is 2.